The number of morpholine rings is 1. The molecule has 2 heterocycles. The molecule has 0 amide bonds. The summed E-state index contributed by atoms with van der Waals surface area (Å²) < 4.78 is 22.2. The van der Waals surface area contributed by atoms with Crippen LogP contribution in [0.4, 0.5) is 11.5 Å². The van der Waals surface area contributed by atoms with Gasteiger partial charge in [-0.05, 0) is 35.9 Å². The molecule has 182 valence electrons. The zero-order chi connectivity index (χ0) is 24.9. The number of benzene rings is 2. The third-order valence-corrected chi connectivity index (χ3v) is 6.08. The molecule has 0 radical (unpaired) electrons. The van der Waals surface area contributed by atoms with Crippen molar-refractivity contribution >= 4 is 11.5 Å². The highest BCUT2D eigenvalue weighted by molar-refractivity contribution is 5.83. The van der Waals surface area contributed by atoms with E-state index in [2.05, 4.69) is 28.0 Å². The lowest BCUT2D eigenvalue weighted by atomic mass is 9.97. The number of hydrogen-bond acceptors (Lipinski definition) is 8. The molecule has 0 unspecified atom stereocenters. The first-order valence-electron chi connectivity index (χ1n) is 11.4. The van der Waals surface area contributed by atoms with Crippen LogP contribution >= 0.6 is 0 Å². The zero-order valence-electron chi connectivity index (χ0n) is 20.8. The molecule has 0 spiro atoms. The van der Waals surface area contributed by atoms with E-state index in [-0.39, 0.29) is 0 Å². The second-order valence-corrected chi connectivity index (χ2v) is 8.32. The lowest BCUT2D eigenvalue weighted by molar-refractivity contribution is 0.122. The van der Waals surface area contributed by atoms with E-state index < -0.39 is 0 Å². The Hall–Kier alpha value is -3.96. The first-order valence-corrected chi connectivity index (χ1v) is 11.4. The first-order chi connectivity index (χ1) is 17.0. The van der Waals surface area contributed by atoms with Crippen LogP contribution in [-0.2, 0) is 4.74 Å². The van der Waals surface area contributed by atoms with Gasteiger partial charge in [0, 0.05) is 44.0 Å². The fraction of sp³-hybridized carbons (Fsp3) is 0.333. The van der Waals surface area contributed by atoms with Gasteiger partial charge in [-0.15, -0.1) is 0 Å². The lowest BCUT2D eigenvalue weighted by Crippen LogP contribution is -2.37. The molecular weight excluding hydrogens is 444 g/mol. The second-order valence-electron chi connectivity index (χ2n) is 8.32. The molecule has 0 aliphatic carbocycles. The molecule has 35 heavy (non-hydrogen) atoms. The molecular formula is C27H30N4O4. The number of nitrogens with zero attached hydrogens (tertiary/aromatic N) is 4. The van der Waals surface area contributed by atoms with Crippen LogP contribution in [0, 0.1) is 11.3 Å². The monoisotopic (exact) mass is 474 g/mol. The molecule has 2 aromatic carbocycles. The van der Waals surface area contributed by atoms with Gasteiger partial charge >= 0.3 is 0 Å². The average molecular weight is 475 g/mol. The summed E-state index contributed by atoms with van der Waals surface area (Å²) in [5.41, 5.74) is 4.85. The summed E-state index contributed by atoms with van der Waals surface area (Å²) in [5.74, 6) is 2.19. The molecule has 8 heteroatoms. The van der Waals surface area contributed by atoms with Crippen molar-refractivity contribution in [2.75, 3.05) is 71.5 Å². The summed E-state index contributed by atoms with van der Waals surface area (Å²) in [5, 5.41) is 10.3. The maximum Gasteiger partial charge on any atom is 0.203 e. The fourth-order valence-electron chi connectivity index (χ4n) is 4.19. The van der Waals surface area contributed by atoms with Gasteiger partial charge in [0.2, 0.25) is 5.75 Å². The number of hydrogen-bond donors (Lipinski definition) is 0. The topological polar surface area (TPSA) is 80.1 Å². The number of rotatable bonds is 7. The van der Waals surface area contributed by atoms with Gasteiger partial charge in [0.05, 0.1) is 40.2 Å². The van der Waals surface area contributed by atoms with Gasteiger partial charge in [-0.2, -0.15) is 5.26 Å². The average Bonchev–Trinajstić information content (AvgIpc) is 2.91. The molecule has 0 bridgehead atoms. The third-order valence-electron chi connectivity index (χ3n) is 6.08. The van der Waals surface area contributed by atoms with Crippen LogP contribution in [0.3, 0.4) is 0 Å². The van der Waals surface area contributed by atoms with E-state index in [0.29, 0.717) is 54.9 Å². The Labute approximate surface area is 206 Å². The summed E-state index contributed by atoms with van der Waals surface area (Å²) in [6, 6.07) is 16.3. The van der Waals surface area contributed by atoms with E-state index in [1.54, 1.807) is 21.3 Å². The largest absolute Gasteiger partial charge is 0.493 e. The van der Waals surface area contributed by atoms with Crippen LogP contribution in [-0.4, -0.2) is 66.7 Å². The Morgan fingerprint density at radius 1 is 0.914 bits per heavy atom. The van der Waals surface area contributed by atoms with Gasteiger partial charge in [0.1, 0.15) is 17.5 Å². The molecule has 0 atom stereocenters. The summed E-state index contributed by atoms with van der Waals surface area (Å²) >= 11 is 0. The SMILES string of the molecule is COc1cc(-c2cc(-c3ccc(N(C)C)cc3)nc(N3CCOCC3)c2C#N)cc(OC)c1OC. The summed E-state index contributed by atoms with van der Waals surface area (Å²) in [4.78, 5) is 9.13. The molecule has 0 saturated carbocycles. The molecule has 0 N–H and O–H groups in total. The van der Waals surface area contributed by atoms with Crippen molar-refractivity contribution in [1.29, 1.82) is 5.26 Å². The Morgan fingerprint density at radius 2 is 1.54 bits per heavy atom. The Kier molecular flexibility index (Phi) is 7.28. The van der Waals surface area contributed by atoms with Crippen LogP contribution in [0.25, 0.3) is 22.4 Å². The van der Waals surface area contributed by atoms with Crippen molar-refractivity contribution in [2.45, 2.75) is 0 Å². The lowest BCUT2D eigenvalue weighted by Gasteiger charge is -2.29. The second kappa shape index (κ2) is 10.5. The minimum atomic E-state index is 0.495. The molecule has 4 rings (SSSR count). The van der Waals surface area contributed by atoms with E-state index in [1.165, 1.54) is 0 Å². The van der Waals surface area contributed by atoms with Gasteiger partial charge in [0.25, 0.3) is 0 Å². The summed E-state index contributed by atoms with van der Waals surface area (Å²) in [7, 11) is 8.74. The number of nitriles is 1. The van der Waals surface area contributed by atoms with Crippen molar-refractivity contribution in [3.05, 3.63) is 48.0 Å². The van der Waals surface area contributed by atoms with Crippen LogP contribution in [0.15, 0.2) is 42.5 Å². The molecule has 1 aliphatic heterocycles. The number of pyridine rings is 1. The highest BCUT2D eigenvalue weighted by Gasteiger charge is 2.23. The van der Waals surface area contributed by atoms with Crippen molar-refractivity contribution in [1.82, 2.24) is 4.98 Å². The highest BCUT2D eigenvalue weighted by Crippen LogP contribution is 2.43. The number of anilines is 2. The highest BCUT2D eigenvalue weighted by atomic mass is 16.5. The maximum absolute atomic E-state index is 10.3. The molecule has 3 aromatic rings. The van der Waals surface area contributed by atoms with Gasteiger partial charge in [-0.1, -0.05) is 12.1 Å². The van der Waals surface area contributed by atoms with E-state index in [4.69, 9.17) is 23.9 Å². The number of ether oxygens (including phenoxy) is 4. The van der Waals surface area contributed by atoms with Crippen molar-refractivity contribution in [2.24, 2.45) is 0 Å². The number of methoxy groups -OCH3 is 3. The molecule has 8 nitrogen and oxygen atoms in total. The van der Waals surface area contributed by atoms with Gasteiger partial charge in [-0.25, -0.2) is 4.98 Å². The van der Waals surface area contributed by atoms with Gasteiger partial charge in [-0.3, -0.25) is 0 Å². The Balaban J connectivity index is 1.95. The Bertz CT molecular complexity index is 1200. The zero-order valence-corrected chi connectivity index (χ0v) is 20.8. The minimum Gasteiger partial charge on any atom is -0.493 e. The van der Waals surface area contributed by atoms with Gasteiger partial charge < -0.3 is 28.7 Å². The maximum atomic E-state index is 10.3. The van der Waals surface area contributed by atoms with Crippen LogP contribution < -0.4 is 24.0 Å². The van der Waals surface area contributed by atoms with E-state index in [0.717, 1.165) is 28.1 Å². The van der Waals surface area contributed by atoms with Crippen LogP contribution in [0.2, 0.25) is 0 Å². The summed E-state index contributed by atoms with van der Waals surface area (Å²) in [6.45, 7) is 2.51. The predicted molar refractivity (Wildman–Crippen MR) is 137 cm³/mol. The quantitative estimate of drug-likeness (QED) is 0.504. The van der Waals surface area contributed by atoms with Crippen LogP contribution in [0.1, 0.15) is 5.56 Å². The predicted octanol–water partition coefficient (Wildman–Crippen LogP) is 4.22. The minimum absolute atomic E-state index is 0.495. The van der Waals surface area contributed by atoms with Crippen molar-refractivity contribution in [3.63, 3.8) is 0 Å². The van der Waals surface area contributed by atoms with Gasteiger partial charge in [0.15, 0.2) is 11.5 Å². The molecule has 1 saturated heterocycles. The van der Waals surface area contributed by atoms with E-state index in [1.807, 2.05) is 44.4 Å². The normalized spacial score (nSPS) is 13.2. The third kappa shape index (κ3) is 4.81. The van der Waals surface area contributed by atoms with E-state index >= 15 is 0 Å². The molecule has 1 fully saturated rings. The van der Waals surface area contributed by atoms with Crippen molar-refractivity contribution in [3.8, 4) is 45.7 Å². The fourth-order valence-corrected chi connectivity index (χ4v) is 4.19. The smallest absolute Gasteiger partial charge is 0.203 e. The standard InChI is InChI=1S/C27H30N4O4/c1-30(2)20-8-6-18(7-9-20)23-16-21(19-14-24(32-3)26(34-5)25(15-19)33-4)22(17-28)27(29-23)31-10-12-35-13-11-31/h6-9,14-16H,10-13H2,1-5H3. The molecule has 1 aliphatic rings. The Morgan fingerprint density at radius 3 is 2.06 bits per heavy atom. The number of aromatic nitrogens is 1. The molecule has 1 aromatic heterocycles. The van der Waals surface area contributed by atoms with E-state index in [9.17, 15) is 5.26 Å². The van der Waals surface area contributed by atoms with Crippen LogP contribution in [0.5, 0.6) is 17.2 Å². The van der Waals surface area contributed by atoms with Crippen molar-refractivity contribution < 1.29 is 18.9 Å². The summed E-state index contributed by atoms with van der Waals surface area (Å²) in [6.07, 6.45) is 0. The first kappa shape index (κ1) is 24.2.